The molecule has 3 nitrogen and oxygen atoms in total. The topological polar surface area (TPSA) is 29.5 Å². The molecule has 0 aliphatic carbocycles. The van der Waals surface area contributed by atoms with Gasteiger partial charge < -0.3 is 9.64 Å². The van der Waals surface area contributed by atoms with Crippen LogP contribution < -0.4 is 0 Å². The van der Waals surface area contributed by atoms with Crippen molar-refractivity contribution in [2.24, 2.45) is 0 Å². The van der Waals surface area contributed by atoms with Gasteiger partial charge in [0.25, 0.3) is 5.91 Å². The third-order valence-electron chi connectivity index (χ3n) is 3.32. The summed E-state index contributed by atoms with van der Waals surface area (Å²) in [4.78, 5) is 14.2. The number of rotatable bonds is 6. The minimum absolute atomic E-state index is 0.0745. The fourth-order valence-electron chi connectivity index (χ4n) is 1.88. The van der Waals surface area contributed by atoms with Crippen molar-refractivity contribution in [2.45, 2.75) is 33.2 Å². The van der Waals surface area contributed by atoms with E-state index in [1.54, 1.807) is 25.0 Å². The maximum Gasteiger partial charge on any atom is 0.254 e. The Kier molecular flexibility index (Phi) is 5.96. The van der Waals surface area contributed by atoms with E-state index in [9.17, 15) is 9.18 Å². The lowest BCUT2D eigenvalue weighted by Gasteiger charge is -2.28. The molecule has 4 heteroatoms. The highest BCUT2D eigenvalue weighted by Gasteiger charge is 2.20. The first kappa shape index (κ1) is 15.6. The van der Waals surface area contributed by atoms with Crippen molar-refractivity contribution >= 4 is 5.91 Å². The smallest absolute Gasteiger partial charge is 0.254 e. The second kappa shape index (κ2) is 7.24. The van der Waals surface area contributed by atoms with E-state index >= 15 is 0 Å². The lowest BCUT2D eigenvalue weighted by atomic mass is 10.1. The molecule has 0 spiro atoms. The van der Waals surface area contributed by atoms with Gasteiger partial charge in [0.05, 0.1) is 6.61 Å². The third-order valence-corrected chi connectivity index (χ3v) is 3.32. The largest absolute Gasteiger partial charge is 0.383 e. The van der Waals surface area contributed by atoms with Crippen molar-refractivity contribution < 1.29 is 13.9 Å². The standard InChI is InChI=1S/C15H22FNO2/c1-5-12(3)17(8-9-19-4)15(18)13-6-7-14(16)11(2)10-13/h6-7,10,12H,5,8-9H2,1-4H3. The Balaban J connectivity index is 2.94. The van der Waals surface area contributed by atoms with Gasteiger partial charge in [-0.25, -0.2) is 4.39 Å². The predicted octanol–water partition coefficient (Wildman–Crippen LogP) is 3.02. The average molecular weight is 267 g/mol. The molecule has 1 amide bonds. The molecule has 1 rings (SSSR count). The highest BCUT2D eigenvalue weighted by atomic mass is 19.1. The number of carbonyl (C=O) groups is 1. The SMILES string of the molecule is CCC(C)N(CCOC)C(=O)c1ccc(F)c(C)c1. The fourth-order valence-corrected chi connectivity index (χ4v) is 1.88. The molecule has 1 unspecified atom stereocenters. The van der Waals surface area contributed by atoms with Crippen LogP contribution in [0.2, 0.25) is 0 Å². The van der Waals surface area contributed by atoms with Crippen LogP contribution in [0.3, 0.4) is 0 Å². The second-order valence-corrected chi connectivity index (χ2v) is 4.71. The lowest BCUT2D eigenvalue weighted by Crippen LogP contribution is -2.40. The van der Waals surface area contributed by atoms with Crippen LogP contribution >= 0.6 is 0 Å². The Labute approximate surface area is 114 Å². The number of halogens is 1. The Bertz CT molecular complexity index is 434. The number of methoxy groups -OCH3 is 1. The van der Waals surface area contributed by atoms with Gasteiger partial charge in [0.15, 0.2) is 0 Å². The van der Waals surface area contributed by atoms with Crippen LogP contribution in [0.1, 0.15) is 36.2 Å². The van der Waals surface area contributed by atoms with Crippen LogP contribution in [0.5, 0.6) is 0 Å². The number of aryl methyl sites for hydroxylation is 1. The van der Waals surface area contributed by atoms with Gasteiger partial charge in [-0.05, 0) is 44.0 Å². The van der Waals surface area contributed by atoms with Gasteiger partial charge >= 0.3 is 0 Å². The summed E-state index contributed by atoms with van der Waals surface area (Å²) in [5.74, 6) is -0.363. The zero-order valence-corrected chi connectivity index (χ0v) is 12.1. The molecule has 0 aromatic heterocycles. The number of carbonyl (C=O) groups excluding carboxylic acids is 1. The van der Waals surface area contributed by atoms with Crippen molar-refractivity contribution in [3.8, 4) is 0 Å². The van der Waals surface area contributed by atoms with Crippen molar-refractivity contribution in [1.29, 1.82) is 0 Å². The molecule has 0 aliphatic rings. The minimum Gasteiger partial charge on any atom is -0.383 e. The van der Waals surface area contributed by atoms with Gasteiger partial charge in [-0.15, -0.1) is 0 Å². The average Bonchev–Trinajstić information content (AvgIpc) is 2.41. The molecule has 106 valence electrons. The molecule has 0 radical (unpaired) electrons. The van der Waals surface area contributed by atoms with Crippen LogP contribution in [-0.2, 0) is 4.74 Å². The maximum atomic E-state index is 13.2. The van der Waals surface area contributed by atoms with Crippen LogP contribution in [0.4, 0.5) is 4.39 Å². The Morgan fingerprint density at radius 1 is 1.47 bits per heavy atom. The van der Waals surface area contributed by atoms with E-state index < -0.39 is 0 Å². The predicted molar refractivity (Wildman–Crippen MR) is 73.8 cm³/mol. The second-order valence-electron chi connectivity index (χ2n) is 4.71. The number of hydrogen-bond donors (Lipinski definition) is 0. The summed E-state index contributed by atoms with van der Waals surface area (Å²) in [6.07, 6.45) is 0.871. The molecule has 0 N–H and O–H groups in total. The first-order chi connectivity index (χ1) is 9.01. The summed E-state index contributed by atoms with van der Waals surface area (Å²) in [7, 11) is 1.61. The highest BCUT2D eigenvalue weighted by molar-refractivity contribution is 5.94. The Morgan fingerprint density at radius 3 is 2.68 bits per heavy atom. The first-order valence-electron chi connectivity index (χ1n) is 6.57. The van der Waals surface area contributed by atoms with Gasteiger partial charge in [-0.3, -0.25) is 4.79 Å². The molecule has 1 aromatic rings. The zero-order chi connectivity index (χ0) is 14.4. The zero-order valence-electron chi connectivity index (χ0n) is 12.1. The molecule has 1 atom stereocenters. The normalized spacial score (nSPS) is 12.3. The van der Waals surface area contributed by atoms with Gasteiger partial charge in [0.2, 0.25) is 0 Å². The third kappa shape index (κ3) is 4.03. The Hall–Kier alpha value is -1.42. The molecule has 0 fully saturated rings. The molecule has 19 heavy (non-hydrogen) atoms. The van der Waals surface area contributed by atoms with Gasteiger partial charge in [0.1, 0.15) is 5.82 Å². The van der Waals surface area contributed by atoms with Crippen molar-refractivity contribution in [3.63, 3.8) is 0 Å². The van der Waals surface area contributed by atoms with E-state index in [0.717, 1.165) is 6.42 Å². The van der Waals surface area contributed by atoms with Crippen molar-refractivity contribution in [1.82, 2.24) is 4.90 Å². The number of hydrogen-bond acceptors (Lipinski definition) is 2. The summed E-state index contributed by atoms with van der Waals surface area (Å²) in [6.45, 7) is 6.74. The maximum absolute atomic E-state index is 13.2. The fraction of sp³-hybridized carbons (Fsp3) is 0.533. The van der Waals surface area contributed by atoms with E-state index in [1.165, 1.54) is 12.1 Å². The molecular formula is C15H22FNO2. The monoisotopic (exact) mass is 267 g/mol. The van der Waals surface area contributed by atoms with Gasteiger partial charge in [-0.1, -0.05) is 6.92 Å². The van der Waals surface area contributed by atoms with Crippen molar-refractivity contribution in [2.75, 3.05) is 20.3 Å². The van der Waals surface area contributed by atoms with Crippen LogP contribution in [0.15, 0.2) is 18.2 Å². The minimum atomic E-state index is -0.288. The number of benzene rings is 1. The number of ether oxygens (including phenoxy) is 1. The van der Waals surface area contributed by atoms with E-state index in [1.807, 2.05) is 13.8 Å². The lowest BCUT2D eigenvalue weighted by molar-refractivity contribution is 0.0614. The molecule has 1 aromatic carbocycles. The number of nitrogens with zero attached hydrogens (tertiary/aromatic N) is 1. The van der Waals surface area contributed by atoms with Crippen molar-refractivity contribution in [3.05, 3.63) is 35.1 Å². The quantitative estimate of drug-likeness (QED) is 0.793. The van der Waals surface area contributed by atoms with Gasteiger partial charge in [-0.2, -0.15) is 0 Å². The summed E-state index contributed by atoms with van der Waals surface area (Å²) >= 11 is 0. The van der Waals surface area contributed by atoms with E-state index in [4.69, 9.17) is 4.74 Å². The van der Waals surface area contributed by atoms with E-state index in [2.05, 4.69) is 0 Å². The van der Waals surface area contributed by atoms with E-state index in [0.29, 0.717) is 24.3 Å². The van der Waals surface area contributed by atoms with Crippen LogP contribution in [-0.4, -0.2) is 37.1 Å². The molecule has 0 bridgehead atoms. The highest BCUT2D eigenvalue weighted by Crippen LogP contribution is 2.14. The molecule has 0 saturated carbocycles. The molecule has 0 saturated heterocycles. The summed E-state index contributed by atoms with van der Waals surface area (Å²) in [5.41, 5.74) is 1.01. The number of amides is 1. The molecule has 0 aliphatic heterocycles. The summed E-state index contributed by atoms with van der Waals surface area (Å²) < 4.78 is 18.3. The molecule has 0 heterocycles. The first-order valence-corrected chi connectivity index (χ1v) is 6.57. The van der Waals surface area contributed by atoms with Crippen LogP contribution in [0, 0.1) is 12.7 Å². The molecular weight excluding hydrogens is 245 g/mol. The summed E-state index contributed by atoms with van der Waals surface area (Å²) in [5, 5.41) is 0. The van der Waals surface area contributed by atoms with E-state index in [-0.39, 0.29) is 17.8 Å². The Morgan fingerprint density at radius 2 is 2.16 bits per heavy atom. The van der Waals surface area contributed by atoms with Crippen LogP contribution in [0.25, 0.3) is 0 Å². The van der Waals surface area contributed by atoms with Gasteiger partial charge in [0, 0.05) is 25.3 Å². The summed E-state index contributed by atoms with van der Waals surface area (Å²) in [6, 6.07) is 4.61.